The van der Waals surface area contributed by atoms with Crippen molar-refractivity contribution in [3.8, 4) is 0 Å². The fraction of sp³-hybridized carbons (Fsp3) is 0.939. The maximum Gasteiger partial charge on any atom is 0.186 e. The molecule has 6 rings (SSSR count). The maximum atomic E-state index is 10.5. The second-order valence-electron chi connectivity index (χ2n) is 15.2. The number of aliphatic hydroxyl groups excluding tert-OH is 4. The average Bonchev–Trinajstić information content (AvgIpc) is 3.30. The molecule has 0 spiro atoms. The molecule has 2 heterocycles. The van der Waals surface area contributed by atoms with Crippen molar-refractivity contribution in [1.82, 2.24) is 5.32 Å². The molecular formula is C33H55NO6. The number of fused-ring (bicyclic) bond motifs is 5. The molecule has 2 saturated heterocycles. The summed E-state index contributed by atoms with van der Waals surface area (Å²) in [6, 6.07) is 0.684. The van der Waals surface area contributed by atoms with Crippen molar-refractivity contribution >= 4 is 0 Å². The second-order valence-corrected chi connectivity index (χ2v) is 15.2. The van der Waals surface area contributed by atoms with Gasteiger partial charge < -0.3 is 35.2 Å². The third-order valence-corrected chi connectivity index (χ3v) is 13.3. The summed E-state index contributed by atoms with van der Waals surface area (Å²) in [5.41, 5.74) is 2.15. The van der Waals surface area contributed by atoms with Crippen LogP contribution in [0.3, 0.4) is 0 Å². The number of ether oxygens (including phenoxy) is 2. The molecule has 228 valence electrons. The van der Waals surface area contributed by atoms with E-state index in [1.54, 1.807) is 0 Å². The van der Waals surface area contributed by atoms with Gasteiger partial charge in [0.05, 0.1) is 12.7 Å². The van der Waals surface area contributed by atoms with E-state index in [0.717, 1.165) is 54.8 Å². The first-order valence-electron chi connectivity index (χ1n) is 16.5. The van der Waals surface area contributed by atoms with Gasteiger partial charge in [0.25, 0.3) is 0 Å². The highest BCUT2D eigenvalue weighted by atomic mass is 16.7. The third kappa shape index (κ3) is 4.84. The van der Waals surface area contributed by atoms with E-state index < -0.39 is 37.3 Å². The van der Waals surface area contributed by atoms with Crippen molar-refractivity contribution in [3.63, 3.8) is 0 Å². The molecule has 4 aliphatic carbocycles. The Balaban J connectivity index is 1.13. The Bertz CT molecular complexity index is 934. The van der Waals surface area contributed by atoms with Crippen LogP contribution >= 0.6 is 0 Å². The van der Waals surface area contributed by atoms with Crippen molar-refractivity contribution in [2.24, 2.45) is 46.3 Å². The molecule has 0 unspecified atom stereocenters. The lowest BCUT2D eigenvalue weighted by Crippen LogP contribution is -2.60. The summed E-state index contributed by atoms with van der Waals surface area (Å²) in [4.78, 5) is 0. The van der Waals surface area contributed by atoms with Crippen molar-refractivity contribution in [1.29, 1.82) is 0 Å². The SMILES string of the molecule is C[C@H]1CC[C@H]([C@@H](C)[C@H]2CC[C@H]3[C@@H]4CC=C5C[C@@H](O[C@@H]6O[C@H](CO)[C@@H](O)[C@H](O)[C@H]6O)CC[C@]5(C)[C@H]4CC[C@]23C)NC1. The fourth-order valence-electron chi connectivity index (χ4n) is 10.8. The number of allylic oxidation sites excluding steroid dienone is 1. The molecule has 0 aromatic heterocycles. The molecule has 0 bridgehead atoms. The van der Waals surface area contributed by atoms with Crippen molar-refractivity contribution in [2.45, 2.75) is 135 Å². The van der Waals surface area contributed by atoms with Crippen LogP contribution in [0, 0.1) is 46.3 Å². The first-order chi connectivity index (χ1) is 19.1. The average molecular weight is 562 g/mol. The Morgan fingerprint density at radius 1 is 1.00 bits per heavy atom. The first-order valence-corrected chi connectivity index (χ1v) is 16.5. The van der Waals surface area contributed by atoms with Gasteiger partial charge in [-0.15, -0.1) is 0 Å². The van der Waals surface area contributed by atoms with Crippen LogP contribution < -0.4 is 5.32 Å². The smallest absolute Gasteiger partial charge is 0.186 e. The Kier molecular flexibility index (Phi) is 8.26. The van der Waals surface area contributed by atoms with Gasteiger partial charge >= 0.3 is 0 Å². The highest BCUT2D eigenvalue weighted by Crippen LogP contribution is 2.67. The van der Waals surface area contributed by atoms with Crippen LogP contribution in [0.5, 0.6) is 0 Å². The largest absolute Gasteiger partial charge is 0.394 e. The number of nitrogens with one attached hydrogen (secondary N) is 1. The lowest BCUT2D eigenvalue weighted by atomic mass is 9.47. The van der Waals surface area contributed by atoms with Crippen LogP contribution in [0.2, 0.25) is 0 Å². The Hall–Kier alpha value is -0.540. The van der Waals surface area contributed by atoms with Crippen molar-refractivity contribution in [2.75, 3.05) is 13.2 Å². The van der Waals surface area contributed by atoms with Crippen LogP contribution in [-0.4, -0.2) is 76.4 Å². The standard InChI is InChI=1S/C33H55NO6/c1-18-5-10-26(34-16-18)19(2)23-8-9-24-22-7-6-20-15-21(11-13-32(20,3)25(22)12-14-33(23,24)4)39-31-30(38)29(37)28(36)27(17-35)40-31/h6,18-19,21-31,34-38H,5,7-17H2,1-4H3/t18-,19-,21-,22-,23+,24-,25-,26+,27+,28+,29-,30+,31+,32-,33+/m0/s1. The van der Waals surface area contributed by atoms with E-state index in [1.165, 1.54) is 57.1 Å². The quantitative estimate of drug-likeness (QED) is 0.325. The molecule has 5 fully saturated rings. The van der Waals surface area contributed by atoms with Gasteiger partial charge in [0.15, 0.2) is 6.29 Å². The molecule has 0 aromatic rings. The lowest BCUT2D eigenvalue weighted by Gasteiger charge is -2.59. The van der Waals surface area contributed by atoms with E-state index in [2.05, 4.69) is 39.1 Å². The van der Waals surface area contributed by atoms with Gasteiger partial charge in [0, 0.05) is 6.04 Å². The molecule has 2 aliphatic heterocycles. The molecule has 3 saturated carbocycles. The molecule has 0 radical (unpaired) electrons. The minimum atomic E-state index is -1.40. The van der Waals surface area contributed by atoms with Gasteiger partial charge in [-0.3, -0.25) is 0 Å². The summed E-state index contributed by atoms with van der Waals surface area (Å²) in [6.07, 6.45) is 8.47. The summed E-state index contributed by atoms with van der Waals surface area (Å²) in [7, 11) is 0. The van der Waals surface area contributed by atoms with Gasteiger partial charge in [-0.2, -0.15) is 0 Å². The topological polar surface area (TPSA) is 111 Å². The Morgan fingerprint density at radius 3 is 2.52 bits per heavy atom. The summed E-state index contributed by atoms with van der Waals surface area (Å²) >= 11 is 0. The van der Waals surface area contributed by atoms with E-state index in [9.17, 15) is 20.4 Å². The van der Waals surface area contributed by atoms with Gasteiger partial charge in [-0.05, 0) is 117 Å². The van der Waals surface area contributed by atoms with E-state index in [-0.39, 0.29) is 11.5 Å². The summed E-state index contributed by atoms with van der Waals surface area (Å²) < 4.78 is 11.9. The highest BCUT2D eigenvalue weighted by molar-refractivity contribution is 5.25. The first kappa shape index (κ1) is 29.5. The summed E-state index contributed by atoms with van der Waals surface area (Å²) in [5, 5.41) is 44.3. The summed E-state index contributed by atoms with van der Waals surface area (Å²) in [6.45, 7) is 10.8. The molecule has 0 aromatic carbocycles. The van der Waals surface area contributed by atoms with Crippen molar-refractivity contribution in [3.05, 3.63) is 11.6 Å². The minimum Gasteiger partial charge on any atom is -0.394 e. The van der Waals surface area contributed by atoms with E-state index >= 15 is 0 Å². The van der Waals surface area contributed by atoms with E-state index in [4.69, 9.17) is 9.47 Å². The molecule has 6 aliphatic rings. The predicted octanol–water partition coefficient (Wildman–Crippen LogP) is 3.77. The monoisotopic (exact) mass is 561 g/mol. The molecule has 0 amide bonds. The zero-order valence-electron chi connectivity index (χ0n) is 25.2. The van der Waals surface area contributed by atoms with Crippen molar-refractivity contribution < 1.29 is 29.9 Å². The number of piperidine rings is 1. The van der Waals surface area contributed by atoms with Gasteiger partial charge in [-0.25, -0.2) is 0 Å². The van der Waals surface area contributed by atoms with Gasteiger partial charge in [0.1, 0.15) is 24.4 Å². The van der Waals surface area contributed by atoms with E-state index in [1.807, 2.05) is 0 Å². The van der Waals surface area contributed by atoms with E-state index in [0.29, 0.717) is 11.5 Å². The molecule has 7 nitrogen and oxygen atoms in total. The molecule has 15 atom stereocenters. The van der Waals surface area contributed by atoms with Gasteiger partial charge in [0.2, 0.25) is 0 Å². The van der Waals surface area contributed by atoms with Gasteiger partial charge in [-0.1, -0.05) is 39.3 Å². The predicted molar refractivity (Wildman–Crippen MR) is 153 cm³/mol. The molecule has 7 heteroatoms. The zero-order chi connectivity index (χ0) is 28.4. The van der Waals surface area contributed by atoms with Crippen LogP contribution in [-0.2, 0) is 9.47 Å². The molecule has 40 heavy (non-hydrogen) atoms. The number of hydrogen-bond acceptors (Lipinski definition) is 7. The lowest BCUT2D eigenvalue weighted by molar-refractivity contribution is -0.313. The Morgan fingerprint density at radius 2 is 1.80 bits per heavy atom. The second kappa shape index (κ2) is 11.2. The number of hydrogen-bond donors (Lipinski definition) is 5. The van der Waals surface area contributed by atoms with Crippen LogP contribution in [0.25, 0.3) is 0 Å². The van der Waals surface area contributed by atoms with Crippen LogP contribution in [0.15, 0.2) is 11.6 Å². The third-order valence-electron chi connectivity index (χ3n) is 13.3. The summed E-state index contributed by atoms with van der Waals surface area (Å²) in [5.74, 6) is 4.70. The Labute approximate surface area is 241 Å². The minimum absolute atomic E-state index is 0.103. The zero-order valence-corrected chi connectivity index (χ0v) is 25.2. The molecule has 5 N–H and O–H groups in total. The van der Waals surface area contributed by atoms with Crippen LogP contribution in [0.4, 0.5) is 0 Å². The fourth-order valence-corrected chi connectivity index (χ4v) is 10.8. The maximum absolute atomic E-state index is 10.5. The number of rotatable bonds is 5. The molecular weight excluding hydrogens is 506 g/mol. The highest BCUT2D eigenvalue weighted by Gasteiger charge is 2.60. The normalized spacial score (nSPS) is 53.6. The van der Waals surface area contributed by atoms with Crippen LogP contribution in [0.1, 0.15) is 91.9 Å². The number of aliphatic hydroxyl groups is 4.